The van der Waals surface area contributed by atoms with Crippen molar-refractivity contribution in [1.82, 2.24) is 10.3 Å². The zero-order chi connectivity index (χ0) is 13.0. The first-order chi connectivity index (χ1) is 8.59. The van der Waals surface area contributed by atoms with E-state index in [1.807, 2.05) is 0 Å². The summed E-state index contributed by atoms with van der Waals surface area (Å²) in [5, 5.41) is 3.52. The molecule has 0 radical (unpaired) electrons. The standard InChI is InChI=1S/C14H19ClN2O/c1-14(6-3-2-4-7-14)10-17-13(18)12-9-11(15)5-8-16-12/h5,8-9H,2-4,6-7,10H2,1H3,(H,17,18). The van der Waals surface area contributed by atoms with Crippen LogP contribution in [0.3, 0.4) is 0 Å². The number of pyridine rings is 1. The fraction of sp³-hybridized carbons (Fsp3) is 0.571. The molecule has 98 valence electrons. The molecule has 0 aromatic carbocycles. The van der Waals surface area contributed by atoms with Gasteiger partial charge in [0.05, 0.1) is 0 Å². The van der Waals surface area contributed by atoms with E-state index in [9.17, 15) is 4.79 Å². The van der Waals surface area contributed by atoms with E-state index in [2.05, 4.69) is 17.2 Å². The first kappa shape index (κ1) is 13.3. The van der Waals surface area contributed by atoms with Crippen LogP contribution in [-0.4, -0.2) is 17.4 Å². The van der Waals surface area contributed by atoms with Gasteiger partial charge in [0.1, 0.15) is 5.69 Å². The second kappa shape index (κ2) is 5.70. The number of hydrogen-bond acceptors (Lipinski definition) is 2. The number of rotatable bonds is 3. The lowest BCUT2D eigenvalue weighted by Crippen LogP contribution is -2.37. The first-order valence-electron chi connectivity index (χ1n) is 6.49. The van der Waals surface area contributed by atoms with Crippen LogP contribution < -0.4 is 5.32 Å². The van der Waals surface area contributed by atoms with E-state index in [0.717, 1.165) is 6.54 Å². The smallest absolute Gasteiger partial charge is 0.269 e. The molecule has 0 unspecified atom stereocenters. The average Bonchev–Trinajstić information content (AvgIpc) is 2.37. The summed E-state index contributed by atoms with van der Waals surface area (Å²) in [4.78, 5) is 16.0. The molecular formula is C14H19ClN2O. The molecule has 18 heavy (non-hydrogen) atoms. The lowest BCUT2D eigenvalue weighted by atomic mass is 9.76. The van der Waals surface area contributed by atoms with Crippen molar-refractivity contribution in [3.8, 4) is 0 Å². The summed E-state index contributed by atoms with van der Waals surface area (Å²) in [5.41, 5.74) is 0.633. The van der Waals surface area contributed by atoms with Crippen molar-refractivity contribution in [2.75, 3.05) is 6.54 Å². The van der Waals surface area contributed by atoms with Gasteiger partial charge in [0.25, 0.3) is 5.91 Å². The van der Waals surface area contributed by atoms with Crippen molar-refractivity contribution >= 4 is 17.5 Å². The van der Waals surface area contributed by atoms with Crippen LogP contribution in [0, 0.1) is 5.41 Å². The van der Waals surface area contributed by atoms with Crippen LogP contribution in [0.2, 0.25) is 5.02 Å². The normalized spacial score (nSPS) is 18.3. The Morgan fingerprint density at radius 3 is 2.83 bits per heavy atom. The molecule has 0 saturated heterocycles. The highest BCUT2D eigenvalue weighted by molar-refractivity contribution is 6.30. The molecule has 1 N–H and O–H groups in total. The molecule has 0 atom stereocenters. The van der Waals surface area contributed by atoms with Crippen LogP contribution in [-0.2, 0) is 0 Å². The Labute approximate surface area is 113 Å². The fourth-order valence-corrected chi connectivity index (χ4v) is 2.65. The van der Waals surface area contributed by atoms with Gasteiger partial charge < -0.3 is 5.32 Å². The Morgan fingerprint density at radius 2 is 2.17 bits per heavy atom. The van der Waals surface area contributed by atoms with Crippen LogP contribution in [0.15, 0.2) is 18.3 Å². The van der Waals surface area contributed by atoms with E-state index in [0.29, 0.717) is 10.7 Å². The van der Waals surface area contributed by atoms with Gasteiger partial charge in [-0.2, -0.15) is 0 Å². The quantitative estimate of drug-likeness (QED) is 0.911. The van der Waals surface area contributed by atoms with Crippen LogP contribution in [0.1, 0.15) is 49.5 Å². The number of amides is 1. The zero-order valence-corrected chi connectivity index (χ0v) is 11.5. The fourth-order valence-electron chi connectivity index (χ4n) is 2.50. The minimum atomic E-state index is -0.135. The second-order valence-electron chi connectivity index (χ2n) is 5.41. The summed E-state index contributed by atoms with van der Waals surface area (Å²) in [6.07, 6.45) is 7.79. The van der Waals surface area contributed by atoms with Gasteiger partial charge in [0, 0.05) is 17.8 Å². The number of hydrogen-bond donors (Lipinski definition) is 1. The van der Waals surface area contributed by atoms with E-state index in [4.69, 9.17) is 11.6 Å². The number of carbonyl (C=O) groups excluding carboxylic acids is 1. The number of aromatic nitrogens is 1. The number of nitrogens with zero attached hydrogens (tertiary/aromatic N) is 1. The van der Waals surface area contributed by atoms with Gasteiger partial charge in [-0.3, -0.25) is 9.78 Å². The van der Waals surface area contributed by atoms with E-state index >= 15 is 0 Å². The van der Waals surface area contributed by atoms with Gasteiger partial charge >= 0.3 is 0 Å². The van der Waals surface area contributed by atoms with Crippen molar-refractivity contribution in [2.45, 2.75) is 39.0 Å². The molecule has 1 aliphatic carbocycles. The van der Waals surface area contributed by atoms with Crippen molar-refractivity contribution < 1.29 is 4.79 Å². The molecule has 0 spiro atoms. The third-order valence-corrected chi connectivity index (χ3v) is 3.93. The van der Waals surface area contributed by atoms with Crippen molar-refractivity contribution in [1.29, 1.82) is 0 Å². The third kappa shape index (κ3) is 3.45. The highest BCUT2D eigenvalue weighted by atomic mass is 35.5. The maximum atomic E-state index is 11.9. The third-order valence-electron chi connectivity index (χ3n) is 3.69. The van der Waals surface area contributed by atoms with E-state index < -0.39 is 0 Å². The maximum absolute atomic E-state index is 11.9. The van der Waals surface area contributed by atoms with Gasteiger partial charge in [-0.15, -0.1) is 0 Å². The van der Waals surface area contributed by atoms with E-state index in [-0.39, 0.29) is 11.3 Å². The predicted octanol–water partition coefficient (Wildman–Crippen LogP) is 3.44. The Balaban J connectivity index is 1.92. The maximum Gasteiger partial charge on any atom is 0.269 e. The van der Waals surface area contributed by atoms with Crippen molar-refractivity contribution in [3.63, 3.8) is 0 Å². The van der Waals surface area contributed by atoms with Gasteiger partial charge in [-0.05, 0) is 30.4 Å². The number of carbonyl (C=O) groups is 1. The Kier molecular flexibility index (Phi) is 4.23. The Bertz CT molecular complexity index is 428. The van der Waals surface area contributed by atoms with Gasteiger partial charge in [0.2, 0.25) is 0 Å². The predicted molar refractivity (Wildman–Crippen MR) is 72.8 cm³/mol. The Hall–Kier alpha value is -1.09. The van der Waals surface area contributed by atoms with Crippen LogP contribution in [0.5, 0.6) is 0 Å². The largest absolute Gasteiger partial charge is 0.350 e. The average molecular weight is 267 g/mol. The van der Waals surface area contributed by atoms with E-state index in [1.54, 1.807) is 18.3 Å². The molecule has 1 aromatic rings. The highest BCUT2D eigenvalue weighted by Crippen LogP contribution is 2.34. The van der Waals surface area contributed by atoms with Gasteiger partial charge in [0.15, 0.2) is 0 Å². The molecule has 1 aromatic heterocycles. The molecule has 2 rings (SSSR count). The van der Waals surface area contributed by atoms with Crippen molar-refractivity contribution in [2.24, 2.45) is 5.41 Å². The van der Waals surface area contributed by atoms with E-state index in [1.165, 1.54) is 32.1 Å². The minimum Gasteiger partial charge on any atom is -0.350 e. The molecule has 1 amide bonds. The van der Waals surface area contributed by atoms with Crippen LogP contribution >= 0.6 is 11.6 Å². The summed E-state index contributed by atoms with van der Waals surface area (Å²) in [6, 6.07) is 3.26. The topological polar surface area (TPSA) is 42.0 Å². The van der Waals surface area contributed by atoms with Crippen molar-refractivity contribution in [3.05, 3.63) is 29.0 Å². The Morgan fingerprint density at radius 1 is 1.44 bits per heavy atom. The molecule has 0 bridgehead atoms. The first-order valence-corrected chi connectivity index (χ1v) is 6.87. The summed E-state index contributed by atoms with van der Waals surface area (Å²) in [5.74, 6) is -0.135. The molecule has 3 nitrogen and oxygen atoms in total. The summed E-state index contributed by atoms with van der Waals surface area (Å²) < 4.78 is 0. The second-order valence-corrected chi connectivity index (χ2v) is 5.85. The molecule has 1 saturated carbocycles. The summed E-state index contributed by atoms with van der Waals surface area (Å²) >= 11 is 5.85. The van der Waals surface area contributed by atoms with Crippen LogP contribution in [0.4, 0.5) is 0 Å². The molecule has 0 aliphatic heterocycles. The lowest BCUT2D eigenvalue weighted by Gasteiger charge is -2.33. The van der Waals surface area contributed by atoms with Gasteiger partial charge in [-0.1, -0.05) is 37.8 Å². The molecule has 4 heteroatoms. The number of nitrogens with one attached hydrogen (secondary N) is 1. The molecule has 1 fully saturated rings. The highest BCUT2D eigenvalue weighted by Gasteiger charge is 2.27. The molecule has 1 heterocycles. The molecular weight excluding hydrogens is 248 g/mol. The zero-order valence-electron chi connectivity index (χ0n) is 10.7. The number of halogens is 1. The minimum absolute atomic E-state index is 0.135. The van der Waals surface area contributed by atoms with Gasteiger partial charge in [-0.25, -0.2) is 0 Å². The van der Waals surface area contributed by atoms with Crippen LogP contribution in [0.25, 0.3) is 0 Å². The summed E-state index contributed by atoms with van der Waals surface area (Å²) in [6.45, 7) is 2.97. The summed E-state index contributed by atoms with van der Waals surface area (Å²) in [7, 11) is 0. The monoisotopic (exact) mass is 266 g/mol. The lowest BCUT2D eigenvalue weighted by molar-refractivity contribution is 0.0914. The SMILES string of the molecule is CC1(CNC(=O)c2cc(Cl)ccn2)CCCCC1. The molecule has 1 aliphatic rings.